The first-order valence-corrected chi connectivity index (χ1v) is 5.95. The lowest BCUT2D eigenvalue weighted by atomic mass is 10.2. The topological polar surface area (TPSA) is 72.6 Å². The van der Waals surface area contributed by atoms with Crippen molar-refractivity contribution in [3.8, 4) is 11.5 Å². The molecule has 0 aliphatic heterocycles. The van der Waals surface area contributed by atoms with E-state index in [2.05, 4.69) is 0 Å². The normalized spacial score (nSPS) is 10.2. The number of aliphatic hydroxyl groups excluding tert-OH is 1. The monoisotopic (exact) mass is 277 g/mol. The number of halogens is 1. The van der Waals surface area contributed by atoms with Crippen LogP contribution < -0.4 is 10.5 Å². The first-order valence-electron chi connectivity index (χ1n) is 5.58. The van der Waals surface area contributed by atoms with Crippen molar-refractivity contribution in [3.63, 3.8) is 0 Å². The second-order valence-electron chi connectivity index (χ2n) is 3.88. The number of hydrogen-bond donors (Lipinski definition) is 2. The molecule has 0 unspecified atom stereocenters. The van der Waals surface area contributed by atoms with E-state index in [1.807, 2.05) is 0 Å². The van der Waals surface area contributed by atoms with Crippen LogP contribution in [-0.4, -0.2) is 11.0 Å². The van der Waals surface area contributed by atoms with Crippen LogP contribution in [0.4, 0.5) is 0 Å². The van der Waals surface area contributed by atoms with Gasteiger partial charge < -0.3 is 15.6 Å². The maximum atomic E-state index is 11.0. The molecule has 4 nitrogen and oxygen atoms in total. The molecule has 0 bridgehead atoms. The molecule has 98 valence electrons. The molecule has 0 saturated heterocycles. The van der Waals surface area contributed by atoms with Gasteiger partial charge in [-0.3, -0.25) is 4.79 Å². The zero-order chi connectivity index (χ0) is 13.8. The minimum Gasteiger partial charge on any atom is -0.455 e. The van der Waals surface area contributed by atoms with Crippen LogP contribution in [0.5, 0.6) is 11.5 Å². The van der Waals surface area contributed by atoms with Gasteiger partial charge >= 0.3 is 0 Å². The van der Waals surface area contributed by atoms with Crippen molar-refractivity contribution in [1.29, 1.82) is 0 Å². The van der Waals surface area contributed by atoms with Crippen molar-refractivity contribution in [3.05, 3.63) is 58.6 Å². The summed E-state index contributed by atoms with van der Waals surface area (Å²) >= 11 is 6.03. The number of nitrogens with two attached hydrogens (primary N) is 1. The number of aliphatic hydroxyl groups is 1. The van der Waals surface area contributed by atoms with Gasteiger partial charge in [-0.1, -0.05) is 23.7 Å². The molecule has 0 aliphatic rings. The number of rotatable bonds is 4. The van der Waals surface area contributed by atoms with E-state index in [4.69, 9.17) is 22.1 Å². The van der Waals surface area contributed by atoms with E-state index < -0.39 is 5.91 Å². The minimum absolute atomic E-state index is 0.171. The van der Waals surface area contributed by atoms with Gasteiger partial charge in [0.25, 0.3) is 0 Å². The molecule has 0 radical (unpaired) electrons. The largest absolute Gasteiger partial charge is 0.455 e. The maximum absolute atomic E-state index is 11.0. The summed E-state index contributed by atoms with van der Waals surface area (Å²) in [5.41, 5.74) is 6.14. The van der Waals surface area contributed by atoms with Crippen LogP contribution in [0.3, 0.4) is 0 Å². The summed E-state index contributed by atoms with van der Waals surface area (Å²) in [6.45, 7) is -0.171. The van der Waals surface area contributed by atoms with Crippen LogP contribution in [0.2, 0.25) is 5.02 Å². The zero-order valence-electron chi connectivity index (χ0n) is 9.97. The Morgan fingerprint density at radius 2 is 1.89 bits per heavy atom. The third kappa shape index (κ3) is 3.05. The van der Waals surface area contributed by atoms with E-state index in [0.29, 0.717) is 27.6 Å². The SMILES string of the molecule is NC(=O)c1ccc(Oc2c(Cl)cccc2CO)cc1. The number of ether oxygens (including phenoxy) is 1. The molecular formula is C14H12ClNO3. The summed E-state index contributed by atoms with van der Waals surface area (Å²) in [6.07, 6.45) is 0. The van der Waals surface area contributed by atoms with Crippen molar-refractivity contribution in [2.75, 3.05) is 0 Å². The first kappa shape index (κ1) is 13.4. The maximum Gasteiger partial charge on any atom is 0.248 e. The summed E-state index contributed by atoms with van der Waals surface area (Å²) < 4.78 is 5.62. The van der Waals surface area contributed by atoms with E-state index in [9.17, 15) is 9.90 Å². The van der Waals surface area contributed by atoms with E-state index in [-0.39, 0.29) is 6.61 Å². The molecule has 3 N–H and O–H groups in total. The minimum atomic E-state index is -0.500. The highest BCUT2D eigenvalue weighted by molar-refractivity contribution is 6.32. The van der Waals surface area contributed by atoms with Crippen LogP contribution in [0, 0.1) is 0 Å². The Kier molecular flexibility index (Phi) is 4.04. The van der Waals surface area contributed by atoms with Crippen LogP contribution >= 0.6 is 11.6 Å². The molecule has 2 rings (SSSR count). The molecule has 1 amide bonds. The van der Waals surface area contributed by atoms with Gasteiger partial charge in [0, 0.05) is 11.1 Å². The molecule has 0 saturated carbocycles. The summed E-state index contributed by atoms with van der Waals surface area (Å²) in [7, 11) is 0. The Labute approximate surface area is 115 Å². The second kappa shape index (κ2) is 5.73. The van der Waals surface area contributed by atoms with Crippen molar-refractivity contribution < 1.29 is 14.6 Å². The summed E-state index contributed by atoms with van der Waals surface area (Å²) in [5, 5.41) is 9.65. The molecular weight excluding hydrogens is 266 g/mol. The molecule has 0 atom stereocenters. The van der Waals surface area contributed by atoms with E-state index >= 15 is 0 Å². The third-order valence-corrected chi connectivity index (χ3v) is 2.88. The number of benzene rings is 2. The van der Waals surface area contributed by atoms with Gasteiger partial charge in [-0.2, -0.15) is 0 Å². The molecule has 0 fully saturated rings. The number of primary amides is 1. The lowest BCUT2D eigenvalue weighted by Gasteiger charge is -2.11. The predicted molar refractivity (Wildman–Crippen MR) is 72.4 cm³/mol. The molecule has 0 aliphatic carbocycles. The first-order chi connectivity index (χ1) is 9.11. The van der Waals surface area contributed by atoms with Gasteiger partial charge in [0.1, 0.15) is 5.75 Å². The highest BCUT2D eigenvalue weighted by Crippen LogP contribution is 2.33. The van der Waals surface area contributed by atoms with Gasteiger partial charge in [0.05, 0.1) is 11.6 Å². The van der Waals surface area contributed by atoms with Gasteiger partial charge in [-0.25, -0.2) is 0 Å². The smallest absolute Gasteiger partial charge is 0.248 e. The fraction of sp³-hybridized carbons (Fsp3) is 0.0714. The van der Waals surface area contributed by atoms with Crippen LogP contribution in [0.1, 0.15) is 15.9 Å². The van der Waals surface area contributed by atoms with Gasteiger partial charge in [0.2, 0.25) is 5.91 Å². The van der Waals surface area contributed by atoms with Crippen LogP contribution in [0.15, 0.2) is 42.5 Å². The fourth-order valence-corrected chi connectivity index (χ4v) is 1.83. The van der Waals surface area contributed by atoms with E-state index in [1.165, 1.54) is 0 Å². The predicted octanol–water partition coefficient (Wildman–Crippen LogP) is 2.72. The van der Waals surface area contributed by atoms with Crippen molar-refractivity contribution in [1.82, 2.24) is 0 Å². The van der Waals surface area contributed by atoms with E-state index in [0.717, 1.165) is 0 Å². The lowest BCUT2D eigenvalue weighted by Crippen LogP contribution is -2.10. The third-order valence-electron chi connectivity index (χ3n) is 2.58. The Hall–Kier alpha value is -2.04. The number of amides is 1. The quantitative estimate of drug-likeness (QED) is 0.902. The molecule has 5 heteroatoms. The van der Waals surface area contributed by atoms with Gasteiger partial charge in [-0.15, -0.1) is 0 Å². The number of para-hydroxylation sites is 1. The number of hydrogen-bond acceptors (Lipinski definition) is 3. The second-order valence-corrected chi connectivity index (χ2v) is 4.28. The highest BCUT2D eigenvalue weighted by atomic mass is 35.5. The van der Waals surface area contributed by atoms with Crippen molar-refractivity contribution in [2.24, 2.45) is 5.73 Å². The lowest BCUT2D eigenvalue weighted by molar-refractivity contribution is 0.100. The van der Waals surface area contributed by atoms with Crippen LogP contribution in [-0.2, 0) is 6.61 Å². The zero-order valence-corrected chi connectivity index (χ0v) is 10.7. The molecule has 2 aromatic rings. The Morgan fingerprint density at radius 1 is 1.21 bits per heavy atom. The molecule has 19 heavy (non-hydrogen) atoms. The van der Waals surface area contributed by atoms with E-state index in [1.54, 1.807) is 42.5 Å². The molecule has 0 aromatic heterocycles. The average Bonchev–Trinajstić information content (AvgIpc) is 2.41. The summed E-state index contributed by atoms with van der Waals surface area (Å²) in [4.78, 5) is 11.0. The molecule has 0 heterocycles. The Morgan fingerprint density at radius 3 is 2.47 bits per heavy atom. The number of carbonyl (C=O) groups is 1. The van der Waals surface area contributed by atoms with Crippen LogP contribution in [0.25, 0.3) is 0 Å². The summed E-state index contributed by atoms with van der Waals surface area (Å²) in [6, 6.07) is 11.5. The average molecular weight is 278 g/mol. The standard InChI is InChI=1S/C14H12ClNO3/c15-12-3-1-2-10(8-17)13(12)19-11-6-4-9(5-7-11)14(16)18/h1-7,17H,8H2,(H2,16,18). The molecule has 2 aromatic carbocycles. The van der Waals surface area contributed by atoms with Gasteiger partial charge in [0.15, 0.2) is 5.75 Å². The fourth-order valence-electron chi connectivity index (χ4n) is 1.60. The Bertz CT molecular complexity index is 596. The summed E-state index contributed by atoms with van der Waals surface area (Å²) in [5.74, 6) is 0.409. The molecule has 0 spiro atoms. The highest BCUT2D eigenvalue weighted by Gasteiger charge is 2.09. The van der Waals surface area contributed by atoms with Gasteiger partial charge in [-0.05, 0) is 30.3 Å². The van der Waals surface area contributed by atoms with Crippen molar-refractivity contribution in [2.45, 2.75) is 6.61 Å². The number of carbonyl (C=O) groups excluding carboxylic acids is 1. The Balaban J connectivity index is 2.28. The van der Waals surface area contributed by atoms with Crippen molar-refractivity contribution >= 4 is 17.5 Å².